The number of ketones is 1. The van der Waals surface area contributed by atoms with E-state index >= 15 is 0 Å². The van der Waals surface area contributed by atoms with Crippen LogP contribution < -0.4 is 5.32 Å². The molecular weight excluding hydrogens is 258 g/mol. The highest BCUT2D eigenvalue weighted by molar-refractivity contribution is 5.97. The molecule has 1 aliphatic carbocycles. The predicted molar refractivity (Wildman–Crippen MR) is 73.3 cm³/mol. The zero-order valence-corrected chi connectivity index (χ0v) is 11.5. The van der Waals surface area contributed by atoms with Gasteiger partial charge in [0.1, 0.15) is 0 Å². The van der Waals surface area contributed by atoms with Crippen LogP contribution in [0, 0.1) is 11.8 Å². The van der Waals surface area contributed by atoms with E-state index in [1.165, 1.54) is 6.92 Å². The second-order valence-corrected chi connectivity index (χ2v) is 5.11. The van der Waals surface area contributed by atoms with Crippen molar-refractivity contribution in [3.05, 3.63) is 29.8 Å². The van der Waals surface area contributed by atoms with Crippen LogP contribution in [-0.2, 0) is 14.3 Å². The highest BCUT2D eigenvalue weighted by Gasteiger charge is 2.40. The van der Waals surface area contributed by atoms with Crippen molar-refractivity contribution in [2.45, 2.75) is 20.3 Å². The smallest absolute Gasteiger partial charge is 0.309 e. The van der Waals surface area contributed by atoms with Crippen molar-refractivity contribution >= 4 is 23.3 Å². The summed E-state index contributed by atoms with van der Waals surface area (Å²) in [5.41, 5.74) is 1.03. The van der Waals surface area contributed by atoms with Crippen LogP contribution in [-0.4, -0.2) is 24.3 Å². The molecule has 0 aromatic heterocycles. The molecule has 1 aromatic rings. The van der Waals surface area contributed by atoms with E-state index in [9.17, 15) is 14.4 Å². The van der Waals surface area contributed by atoms with E-state index < -0.39 is 5.91 Å². The number of carbonyl (C=O) groups excluding carboxylic acids is 3. The van der Waals surface area contributed by atoms with Gasteiger partial charge in [-0.15, -0.1) is 0 Å². The van der Waals surface area contributed by atoms with E-state index in [-0.39, 0.29) is 24.3 Å². The molecule has 5 nitrogen and oxygen atoms in total. The molecule has 1 fully saturated rings. The van der Waals surface area contributed by atoms with E-state index in [1.54, 1.807) is 24.3 Å². The molecule has 2 rings (SSSR count). The molecule has 0 heterocycles. The summed E-state index contributed by atoms with van der Waals surface area (Å²) in [6.07, 6.45) is 0.834. The van der Waals surface area contributed by atoms with Gasteiger partial charge in [0.15, 0.2) is 12.4 Å². The zero-order valence-electron chi connectivity index (χ0n) is 11.5. The van der Waals surface area contributed by atoms with Gasteiger partial charge >= 0.3 is 5.97 Å². The third-order valence-electron chi connectivity index (χ3n) is 3.31. The summed E-state index contributed by atoms with van der Waals surface area (Å²) < 4.78 is 4.93. The largest absolute Gasteiger partial charge is 0.455 e. The van der Waals surface area contributed by atoms with Crippen LogP contribution in [0.15, 0.2) is 24.3 Å². The summed E-state index contributed by atoms with van der Waals surface area (Å²) in [4.78, 5) is 34.3. The van der Waals surface area contributed by atoms with Crippen molar-refractivity contribution in [3.8, 4) is 0 Å². The number of anilines is 1. The number of Topliss-reactive ketones (excluding diaryl/α,β-unsaturated/α-hetero) is 1. The maximum atomic E-state index is 11.6. The Labute approximate surface area is 117 Å². The van der Waals surface area contributed by atoms with Gasteiger partial charge in [0.25, 0.3) is 5.91 Å². The molecule has 0 unspecified atom stereocenters. The number of ether oxygens (including phenoxy) is 1. The van der Waals surface area contributed by atoms with E-state index in [1.807, 2.05) is 6.92 Å². The van der Waals surface area contributed by atoms with Crippen LogP contribution in [0.5, 0.6) is 0 Å². The lowest BCUT2D eigenvalue weighted by atomic mass is 10.1. The minimum Gasteiger partial charge on any atom is -0.455 e. The number of hydrogen-bond donors (Lipinski definition) is 1. The molecule has 1 aliphatic rings. The van der Waals surface area contributed by atoms with Crippen molar-refractivity contribution in [2.24, 2.45) is 11.8 Å². The Morgan fingerprint density at radius 2 is 2.05 bits per heavy atom. The quantitative estimate of drug-likeness (QED) is 0.659. The molecule has 0 aliphatic heterocycles. The van der Waals surface area contributed by atoms with Gasteiger partial charge in [-0.05, 0) is 31.4 Å². The van der Waals surface area contributed by atoms with Gasteiger partial charge in [-0.3, -0.25) is 14.4 Å². The number of carbonyl (C=O) groups is 3. The summed E-state index contributed by atoms with van der Waals surface area (Å²) in [6.45, 7) is 3.13. The molecule has 0 bridgehead atoms. The molecule has 20 heavy (non-hydrogen) atoms. The first-order valence-electron chi connectivity index (χ1n) is 6.55. The minimum absolute atomic E-state index is 0.0520. The lowest BCUT2D eigenvalue weighted by Gasteiger charge is -2.07. The van der Waals surface area contributed by atoms with Crippen LogP contribution >= 0.6 is 0 Å². The van der Waals surface area contributed by atoms with Gasteiger partial charge < -0.3 is 10.1 Å². The van der Waals surface area contributed by atoms with Crippen molar-refractivity contribution in [3.63, 3.8) is 0 Å². The monoisotopic (exact) mass is 275 g/mol. The van der Waals surface area contributed by atoms with Gasteiger partial charge in [-0.25, -0.2) is 0 Å². The van der Waals surface area contributed by atoms with Crippen LogP contribution in [0.1, 0.15) is 30.6 Å². The summed E-state index contributed by atoms with van der Waals surface area (Å²) >= 11 is 0. The normalized spacial score (nSPS) is 20.1. The predicted octanol–water partition coefficient (Wildman–Crippen LogP) is 2.03. The summed E-state index contributed by atoms with van der Waals surface area (Å²) in [5, 5.41) is 2.59. The Balaban J connectivity index is 1.83. The fraction of sp³-hybridized carbons (Fsp3) is 0.400. The number of rotatable bonds is 5. The molecule has 1 amide bonds. The number of benzene rings is 1. The van der Waals surface area contributed by atoms with E-state index in [2.05, 4.69) is 5.32 Å². The van der Waals surface area contributed by atoms with Gasteiger partial charge in [0.05, 0.1) is 5.92 Å². The molecule has 0 spiro atoms. The van der Waals surface area contributed by atoms with Crippen LogP contribution in [0.3, 0.4) is 0 Å². The molecule has 2 atom stereocenters. The fourth-order valence-corrected chi connectivity index (χ4v) is 1.91. The van der Waals surface area contributed by atoms with Crippen molar-refractivity contribution in [1.82, 2.24) is 0 Å². The Kier molecular flexibility index (Phi) is 4.17. The van der Waals surface area contributed by atoms with Gasteiger partial charge in [0, 0.05) is 11.3 Å². The molecular formula is C15H17NO4. The highest BCUT2D eigenvalue weighted by atomic mass is 16.5. The third kappa shape index (κ3) is 3.66. The average molecular weight is 275 g/mol. The van der Waals surface area contributed by atoms with Gasteiger partial charge in [-0.1, -0.05) is 19.1 Å². The fourth-order valence-electron chi connectivity index (χ4n) is 1.91. The molecule has 1 N–H and O–H groups in total. The Bertz CT molecular complexity index is 553. The van der Waals surface area contributed by atoms with Crippen LogP contribution in [0.2, 0.25) is 0 Å². The van der Waals surface area contributed by atoms with Crippen molar-refractivity contribution in [1.29, 1.82) is 0 Å². The third-order valence-corrected chi connectivity index (χ3v) is 3.31. The number of esters is 1. The van der Waals surface area contributed by atoms with E-state index in [0.29, 0.717) is 17.2 Å². The van der Waals surface area contributed by atoms with Gasteiger partial charge in [-0.2, -0.15) is 0 Å². The second kappa shape index (κ2) is 5.86. The molecule has 106 valence electrons. The lowest BCUT2D eigenvalue weighted by molar-refractivity contribution is -0.148. The standard InChI is InChI=1S/C15H17NO4/c1-9-6-13(9)15(19)20-8-14(18)16-12-5-3-4-11(7-12)10(2)17/h3-5,7,9,13H,6,8H2,1-2H3,(H,16,18)/t9-,13-/m1/s1. The first kappa shape index (κ1) is 14.2. The van der Waals surface area contributed by atoms with E-state index in [4.69, 9.17) is 4.74 Å². The number of nitrogens with one attached hydrogen (secondary N) is 1. The summed E-state index contributed by atoms with van der Waals surface area (Å²) in [5.74, 6) is -0.491. The molecule has 5 heteroatoms. The maximum absolute atomic E-state index is 11.6. The van der Waals surface area contributed by atoms with Crippen LogP contribution in [0.25, 0.3) is 0 Å². The van der Waals surface area contributed by atoms with E-state index in [0.717, 1.165) is 6.42 Å². The minimum atomic E-state index is -0.410. The Morgan fingerprint density at radius 1 is 1.35 bits per heavy atom. The topological polar surface area (TPSA) is 72.5 Å². The Hall–Kier alpha value is -2.17. The number of hydrogen-bond acceptors (Lipinski definition) is 4. The van der Waals surface area contributed by atoms with Crippen molar-refractivity contribution < 1.29 is 19.1 Å². The first-order chi connectivity index (χ1) is 9.47. The molecule has 0 radical (unpaired) electrons. The molecule has 1 aromatic carbocycles. The van der Waals surface area contributed by atoms with Gasteiger partial charge in [0.2, 0.25) is 0 Å². The first-order valence-corrected chi connectivity index (χ1v) is 6.55. The number of amides is 1. The lowest BCUT2D eigenvalue weighted by Crippen LogP contribution is -2.21. The highest BCUT2D eigenvalue weighted by Crippen LogP contribution is 2.38. The molecule has 1 saturated carbocycles. The average Bonchev–Trinajstić information content (AvgIpc) is 3.13. The second-order valence-electron chi connectivity index (χ2n) is 5.11. The zero-order chi connectivity index (χ0) is 14.7. The van der Waals surface area contributed by atoms with Crippen LogP contribution in [0.4, 0.5) is 5.69 Å². The van der Waals surface area contributed by atoms with Crippen molar-refractivity contribution in [2.75, 3.05) is 11.9 Å². The maximum Gasteiger partial charge on any atom is 0.309 e. The summed E-state index contributed by atoms with van der Waals surface area (Å²) in [7, 11) is 0. The summed E-state index contributed by atoms with van der Waals surface area (Å²) in [6, 6.07) is 6.62. The SMILES string of the molecule is CC(=O)c1cccc(NC(=O)COC(=O)[C@@H]2C[C@H]2C)c1. The molecule has 0 saturated heterocycles. The Morgan fingerprint density at radius 3 is 2.65 bits per heavy atom.